The van der Waals surface area contributed by atoms with Crippen LogP contribution < -0.4 is 4.74 Å². The number of hydrogen-bond acceptors (Lipinski definition) is 6. The summed E-state index contributed by atoms with van der Waals surface area (Å²) in [7, 11) is -4.15. The van der Waals surface area contributed by atoms with E-state index in [4.69, 9.17) is 33.2 Å². The molecule has 8 nitrogen and oxygen atoms in total. The van der Waals surface area contributed by atoms with E-state index >= 15 is 0 Å². The predicted molar refractivity (Wildman–Crippen MR) is 166 cm³/mol. The number of nitrogens with zero attached hydrogens (tertiary/aromatic N) is 3. The molecule has 234 valence electrons. The van der Waals surface area contributed by atoms with Gasteiger partial charge in [0, 0.05) is 35.1 Å². The van der Waals surface area contributed by atoms with Crippen LogP contribution in [0.2, 0.25) is 10.0 Å². The van der Waals surface area contributed by atoms with Gasteiger partial charge in [-0.3, -0.25) is 9.59 Å². The minimum atomic E-state index is -4.15. The lowest BCUT2D eigenvalue weighted by Crippen LogP contribution is -2.55. The van der Waals surface area contributed by atoms with E-state index in [1.807, 2.05) is 12.1 Å². The van der Waals surface area contributed by atoms with Crippen LogP contribution in [0.4, 0.5) is 4.39 Å². The summed E-state index contributed by atoms with van der Waals surface area (Å²) in [5.74, 6) is -0.517. The van der Waals surface area contributed by atoms with Crippen molar-refractivity contribution in [3.8, 4) is 11.8 Å². The molecule has 12 heteroatoms. The minimum absolute atomic E-state index is 0.0290. The highest BCUT2D eigenvalue weighted by molar-refractivity contribution is 7.92. The van der Waals surface area contributed by atoms with E-state index in [0.717, 1.165) is 17.7 Å². The first kappa shape index (κ1) is 31.3. The summed E-state index contributed by atoms with van der Waals surface area (Å²) >= 11 is 12.4. The molecule has 1 aliphatic carbocycles. The van der Waals surface area contributed by atoms with Crippen molar-refractivity contribution in [2.24, 2.45) is 0 Å². The molecule has 3 atom stereocenters. The van der Waals surface area contributed by atoms with Gasteiger partial charge in [0.05, 0.1) is 23.4 Å². The van der Waals surface area contributed by atoms with Crippen LogP contribution in [0.1, 0.15) is 48.8 Å². The Labute approximate surface area is 271 Å². The fourth-order valence-corrected chi connectivity index (χ4v) is 9.86. The molecular weight excluding hydrogens is 640 g/mol. The number of rotatable bonds is 8. The maximum atomic E-state index is 14.7. The minimum Gasteiger partial charge on any atom is -0.489 e. The zero-order valence-corrected chi connectivity index (χ0v) is 26.5. The Morgan fingerprint density at radius 2 is 1.84 bits per heavy atom. The number of aryl methyl sites for hydroxylation is 1. The molecule has 2 aliphatic heterocycles. The molecule has 0 saturated carbocycles. The summed E-state index contributed by atoms with van der Waals surface area (Å²) in [5.41, 5.74) is 2.07. The number of likely N-dealkylation sites (tertiary alicyclic amines) is 2. The van der Waals surface area contributed by atoms with E-state index in [0.29, 0.717) is 46.2 Å². The molecule has 0 radical (unpaired) electrons. The van der Waals surface area contributed by atoms with Gasteiger partial charge in [-0.2, -0.15) is 5.26 Å². The first-order valence-corrected chi connectivity index (χ1v) is 17.0. The Kier molecular flexibility index (Phi) is 8.55. The average molecular weight is 671 g/mol. The molecule has 45 heavy (non-hydrogen) atoms. The summed E-state index contributed by atoms with van der Waals surface area (Å²) in [5, 5.41) is 10.1. The van der Waals surface area contributed by atoms with Gasteiger partial charge in [0.2, 0.25) is 11.8 Å². The SMILES string of the molecule is N#CCCN1C(=O)CC[C@H]1C(=O)N1CC[C@@]2(S(=O)(=O)c3ccc(F)cc3)c3ccc(OCc4cc(Cl)ccc4Cl)cc3CC[C@@H]12. The molecule has 0 spiro atoms. The number of fused-ring (bicyclic) bond motifs is 3. The molecule has 3 aliphatic rings. The molecule has 0 aromatic heterocycles. The van der Waals surface area contributed by atoms with Gasteiger partial charge in [0.1, 0.15) is 29.0 Å². The van der Waals surface area contributed by atoms with Gasteiger partial charge in [0.15, 0.2) is 9.84 Å². The number of carbonyl (C=O) groups is 2. The van der Waals surface area contributed by atoms with Gasteiger partial charge >= 0.3 is 0 Å². The molecule has 0 unspecified atom stereocenters. The molecule has 0 bridgehead atoms. The fraction of sp³-hybridized carbons (Fsp3) is 0.364. The maximum absolute atomic E-state index is 14.7. The van der Waals surface area contributed by atoms with Crippen LogP contribution >= 0.6 is 23.2 Å². The Morgan fingerprint density at radius 1 is 1.07 bits per heavy atom. The Bertz CT molecular complexity index is 1810. The Hall–Kier alpha value is -3.65. The predicted octanol–water partition coefficient (Wildman–Crippen LogP) is 5.83. The first-order valence-electron chi connectivity index (χ1n) is 14.7. The lowest BCUT2D eigenvalue weighted by atomic mass is 9.78. The summed E-state index contributed by atoms with van der Waals surface area (Å²) in [6, 6.07) is 15.7. The second-order valence-electron chi connectivity index (χ2n) is 11.6. The number of amides is 2. The van der Waals surface area contributed by atoms with Crippen LogP contribution in [-0.2, 0) is 37.2 Å². The van der Waals surface area contributed by atoms with Crippen molar-refractivity contribution in [3.05, 3.63) is 93.2 Å². The summed E-state index contributed by atoms with van der Waals surface area (Å²) in [6.07, 6.45) is 1.60. The second kappa shape index (κ2) is 12.3. The molecule has 2 saturated heterocycles. The largest absolute Gasteiger partial charge is 0.489 e. The molecule has 3 aromatic rings. The van der Waals surface area contributed by atoms with E-state index in [1.54, 1.807) is 35.2 Å². The van der Waals surface area contributed by atoms with E-state index in [9.17, 15) is 22.4 Å². The van der Waals surface area contributed by atoms with Gasteiger partial charge in [-0.1, -0.05) is 29.3 Å². The first-order chi connectivity index (χ1) is 21.6. The number of halogens is 3. The average Bonchev–Trinajstić information content (AvgIpc) is 3.61. The van der Waals surface area contributed by atoms with Gasteiger partial charge < -0.3 is 14.5 Å². The normalized spacial score (nSPS) is 22.6. The third kappa shape index (κ3) is 5.45. The van der Waals surface area contributed by atoms with E-state index in [-0.39, 0.29) is 55.7 Å². The number of benzene rings is 3. The van der Waals surface area contributed by atoms with Crippen LogP contribution in [-0.4, -0.2) is 55.2 Å². The third-order valence-electron chi connectivity index (χ3n) is 9.22. The van der Waals surface area contributed by atoms with Gasteiger partial charge in [-0.05, 0) is 91.4 Å². The summed E-state index contributed by atoms with van der Waals surface area (Å²) in [6.45, 7) is 0.478. The highest BCUT2D eigenvalue weighted by atomic mass is 35.5. The van der Waals surface area contributed by atoms with E-state index < -0.39 is 32.5 Å². The van der Waals surface area contributed by atoms with Crippen molar-refractivity contribution >= 4 is 44.9 Å². The highest BCUT2D eigenvalue weighted by Gasteiger charge is 2.61. The monoisotopic (exact) mass is 669 g/mol. The smallest absolute Gasteiger partial charge is 0.245 e. The van der Waals surface area contributed by atoms with Crippen molar-refractivity contribution in [3.63, 3.8) is 0 Å². The topological polar surface area (TPSA) is 108 Å². The number of ether oxygens (including phenoxy) is 1. The van der Waals surface area contributed by atoms with Crippen LogP contribution in [0.5, 0.6) is 5.75 Å². The van der Waals surface area contributed by atoms with Crippen molar-refractivity contribution in [2.45, 2.75) is 66.9 Å². The molecule has 0 N–H and O–H groups in total. The van der Waals surface area contributed by atoms with E-state index in [2.05, 4.69) is 0 Å². The number of hydrogen-bond donors (Lipinski definition) is 0. The van der Waals surface area contributed by atoms with Crippen molar-refractivity contribution in [1.82, 2.24) is 9.80 Å². The Morgan fingerprint density at radius 3 is 2.60 bits per heavy atom. The van der Waals surface area contributed by atoms with Gasteiger partial charge in [-0.25, -0.2) is 12.8 Å². The van der Waals surface area contributed by atoms with E-state index in [1.165, 1.54) is 17.0 Å². The Balaban J connectivity index is 1.37. The lowest BCUT2D eigenvalue weighted by Gasteiger charge is -2.43. The molecule has 2 fully saturated rings. The zero-order chi connectivity index (χ0) is 31.9. The molecule has 6 rings (SSSR count). The molecule has 2 amide bonds. The summed E-state index contributed by atoms with van der Waals surface area (Å²) < 4.78 is 47.7. The standard InChI is InChI=1S/C33H30Cl2FN3O5S/c34-23-3-10-28(35)22(18-23)20-44-25-6-9-27-21(19-25)2-12-30-33(27,45(42,43)26-7-4-24(36)5-8-26)14-17-39(30)32(41)29-11-13-31(40)38(29)16-1-15-37/h3-10,18-19,29-30H,1-2,11-14,16-17,20H2/t29-,30+,33+/m0/s1. The fourth-order valence-electron chi connectivity index (χ4n) is 7.13. The zero-order valence-electron chi connectivity index (χ0n) is 24.2. The van der Waals surface area contributed by atoms with Crippen LogP contribution in [0.25, 0.3) is 0 Å². The van der Waals surface area contributed by atoms with Crippen LogP contribution in [0.15, 0.2) is 65.6 Å². The summed E-state index contributed by atoms with van der Waals surface area (Å²) in [4.78, 5) is 29.7. The number of nitriles is 1. The van der Waals surface area contributed by atoms with Crippen molar-refractivity contribution in [1.29, 1.82) is 5.26 Å². The lowest BCUT2D eigenvalue weighted by molar-refractivity contribution is -0.142. The molecular formula is C33H30Cl2FN3O5S. The second-order valence-corrected chi connectivity index (χ2v) is 14.6. The third-order valence-corrected chi connectivity index (χ3v) is 12.4. The quantitative estimate of drug-likeness (QED) is 0.279. The van der Waals surface area contributed by atoms with Crippen molar-refractivity contribution < 1.29 is 27.1 Å². The van der Waals surface area contributed by atoms with Gasteiger partial charge in [0.25, 0.3) is 0 Å². The number of sulfone groups is 1. The maximum Gasteiger partial charge on any atom is 0.245 e. The van der Waals surface area contributed by atoms with Crippen LogP contribution in [0.3, 0.4) is 0 Å². The highest BCUT2D eigenvalue weighted by Crippen LogP contribution is 2.53. The van der Waals surface area contributed by atoms with Gasteiger partial charge in [-0.15, -0.1) is 0 Å². The van der Waals surface area contributed by atoms with Crippen molar-refractivity contribution in [2.75, 3.05) is 13.1 Å². The number of carbonyl (C=O) groups excluding carboxylic acids is 2. The molecule has 2 heterocycles. The van der Waals surface area contributed by atoms with Crippen LogP contribution in [0, 0.1) is 17.1 Å². The molecule has 3 aromatic carbocycles.